The molecule has 1 aliphatic carbocycles. The molecule has 0 fully saturated rings. The molecule has 0 saturated carbocycles. The Hall–Kier alpha value is -3.19. The molecule has 32 heavy (non-hydrogen) atoms. The first kappa shape index (κ1) is 20.7. The molecule has 0 radical (unpaired) electrons. The third kappa shape index (κ3) is 3.77. The molecule has 0 N–H and O–H groups in total. The highest BCUT2D eigenvalue weighted by molar-refractivity contribution is 5.78. The fraction of sp³-hybridized carbons (Fsp3) is 0.258. The summed E-state index contributed by atoms with van der Waals surface area (Å²) in [6.07, 6.45) is 2.18. The van der Waals surface area contributed by atoms with Crippen LogP contribution in [0.1, 0.15) is 48.7 Å². The standard InChI is InChI=1S/C31H32N/c1-22-14-16-23(17-15-22)21-32-29(31(2,3)4)20-28(24-10-6-5-7-11-24)27-19-18-25-12-8-9-13-26(25)30(27)32/h5-17,20H,18-19,21H2,1-4H3/q+1. The summed E-state index contributed by atoms with van der Waals surface area (Å²) < 4.78 is 2.60. The Morgan fingerprint density at radius 1 is 0.750 bits per heavy atom. The zero-order chi connectivity index (χ0) is 22.3. The predicted molar refractivity (Wildman–Crippen MR) is 134 cm³/mol. The molecule has 4 aromatic rings. The minimum Gasteiger partial charge on any atom is -0.190 e. The summed E-state index contributed by atoms with van der Waals surface area (Å²) in [6.45, 7) is 10.1. The van der Waals surface area contributed by atoms with Crippen LogP contribution in [0.2, 0.25) is 0 Å². The molecule has 1 nitrogen and oxygen atoms in total. The van der Waals surface area contributed by atoms with Gasteiger partial charge in [-0.1, -0.05) is 99.1 Å². The maximum atomic E-state index is 2.60. The highest BCUT2D eigenvalue weighted by Gasteiger charge is 2.35. The lowest BCUT2D eigenvalue weighted by molar-refractivity contribution is -0.688. The van der Waals surface area contributed by atoms with Gasteiger partial charge in [0.2, 0.25) is 5.69 Å². The summed E-state index contributed by atoms with van der Waals surface area (Å²) >= 11 is 0. The molecule has 0 aliphatic heterocycles. The van der Waals surface area contributed by atoms with E-state index in [2.05, 4.69) is 117 Å². The molecule has 0 spiro atoms. The Labute approximate surface area is 192 Å². The first-order valence-corrected chi connectivity index (χ1v) is 11.7. The third-order valence-electron chi connectivity index (χ3n) is 6.68. The minimum absolute atomic E-state index is 0.0235. The summed E-state index contributed by atoms with van der Waals surface area (Å²) in [7, 11) is 0. The summed E-state index contributed by atoms with van der Waals surface area (Å²) in [4.78, 5) is 0. The van der Waals surface area contributed by atoms with Gasteiger partial charge < -0.3 is 0 Å². The van der Waals surface area contributed by atoms with E-state index in [1.807, 2.05) is 0 Å². The van der Waals surface area contributed by atoms with Crippen LogP contribution in [-0.4, -0.2) is 0 Å². The number of aryl methyl sites for hydroxylation is 2. The van der Waals surface area contributed by atoms with Gasteiger partial charge in [-0.2, -0.15) is 4.57 Å². The predicted octanol–water partition coefficient (Wildman–Crippen LogP) is 7.06. The molecular formula is C31H32N+. The Balaban J connectivity index is 1.83. The Bertz CT molecular complexity index is 1260. The van der Waals surface area contributed by atoms with Crippen LogP contribution in [0.15, 0.2) is 84.9 Å². The van der Waals surface area contributed by atoms with Crippen LogP contribution in [-0.2, 0) is 24.8 Å². The second-order valence-electron chi connectivity index (χ2n) is 10.1. The zero-order valence-electron chi connectivity index (χ0n) is 19.7. The third-order valence-corrected chi connectivity index (χ3v) is 6.68. The fourth-order valence-corrected chi connectivity index (χ4v) is 5.04. The lowest BCUT2D eigenvalue weighted by Crippen LogP contribution is -2.47. The van der Waals surface area contributed by atoms with Crippen molar-refractivity contribution in [2.45, 2.75) is 52.5 Å². The van der Waals surface area contributed by atoms with Gasteiger partial charge in [-0.15, -0.1) is 0 Å². The van der Waals surface area contributed by atoms with Crippen LogP contribution < -0.4 is 4.57 Å². The summed E-state index contributed by atoms with van der Waals surface area (Å²) in [5.41, 5.74) is 12.5. The molecule has 1 aliphatic rings. The second kappa shape index (κ2) is 8.06. The van der Waals surface area contributed by atoms with E-state index in [1.165, 1.54) is 50.3 Å². The maximum absolute atomic E-state index is 2.60. The first-order valence-electron chi connectivity index (χ1n) is 11.7. The van der Waals surface area contributed by atoms with E-state index in [0.29, 0.717) is 0 Å². The van der Waals surface area contributed by atoms with Crippen LogP contribution in [0.5, 0.6) is 0 Å². The smallest absolute Gasteiger partial charge is 0.190 e. The van der Waals surface area contributed by atoms with Crippen LogP contribution in [0.25, 0.3) is 22.4 Å². The Morgan fingerprint density at radius 3 is 2.16 bits per heavy atom. The van der Waals surface area contributed by atoms with Gasteiger partial charge in [0, 0.05) is 28.2 Å². The summed E-state index contributed by atoms with van der Waals surface area (Å²) in [5, 5.41) is 0. The molecule has 0 amide bonds. The molecule has 0 saturated heterocycles. The van der Waals surface area contributed by atoms with Gasteiger partial charge in [0.15, 0.2) is 12.2 Å². The average molecular weight is 419 g/mol. The molecule has 0 bridgehead atoms. The lowest BCUT2D eigenvalue weighted by Gasteiger charge is -2.26. The number of aromatic nitrogens is 1. The van der Waals surface area contributed by atoms with E-state index in [1.54, 1.807) is 0 Å². The van der Waals surface area contributed by atoms with Crippen LogP contribution >= 0.6 is 0 Å². The van der Waals surface area contributed by atoms with Crippen molar-refractivity contribution in [3.8, 4) is 22.4 Å². The van der Waals surface area contributed by atoms with Gasteiger partial charge in [-0.25, -0.2) is 0 Å². The molecule has 1 aromatic heterocycles. The van der Waals surface area contributed by atoms with Crippen molar-refractivity contribution in [3.63, 3.8) is 0 Å². The van der Waals surface area contributed by atoms with Gasteiger partial charge in [0.05, 0.1) is 0 Å². The van der Waals surface area contributed by atoms with Crippen molar-refractivity contribution in [2.24, 2.45) is 0 Å². The summed E-state index contributed by atoms with van der Waals surface area (Å²) in [5.74, 6) is 0. The number of rotatable bonds is 3. The highest BCUT2D eigenvalue weighted by Crippen LogP contribution is 2.39. The van der Waals surface area contributed by atoms with Crippen LogP contribution in [0, 0.1) is 6.92 Å². The van der Waals surface area contributed by atoms with E-state index in [4.69, 9.17) is 0 Å². The monoisotopic (exact) mass is 418 g/mol. The number of hydrogen-bond donors (Lipinski definition) is 0. The normalized spacial score (nSPS) is 12.9. The van der Waals surface area contributed by atoms with E-state index < -0.39 is 0 Å². The largest absolute Gasteiger partial charge is 0.217 e. The molecule has 3 aromatic carbocycles. The lowest BCUT2D eigenvalue weighted by atomic mass is 9.81. The molecule has 1 heteroatoms. The number of benzene rings is 3. The Morgan fingerprint density at radius 2 is 1.44 bits per heavy atom. The summed E-state index contributed by atoms with van der Waals surface area (Å²) in [6, 6.07) is 31.4. The molecule has 5 rings (SSSR count). The second-order valence-corrected chi connectivity index (χ2v) is 10.1. The highest BCUT2D eigenvalue weighted by atomic mass is 15.0. The number of pyridine rings is 1. The van der Waals surface area contributed by atoms with Crippen molar-refractivity contribution in [1.82, 2.24) is 0 Å². The topological polar surface area (TPSA) is 3.88 Å². The zero-order valence-corrected chi connectivity index (χ0v) is 19.7. The maximum Gasteiger partial charge on any atom is 0.217 e. The SMILES string of the molecule is Cc1ccc(C[n+]2c(C(C)(C)C)cc(-c3ccccc3)c3c2-c2ccccc2CC3)cc1. The Kier molecular flexibility index (Phi) is 5.21. The molecule has 0 atom stereocenters. The van der Waals surface area contributed by atoms with E-state index in [0.717, 1.165) is 19.4 Å². The fourth-order valence-electron chi connectivity index (χ4n) is 5.04. The number of fused-ring (bicyclic) bond motifs is 3. The van der Waals surface area contributed by atoms with Gasteiger partial charge in [-0.05, 0) is 42.5 Å². The molecule has 0 unspecified atom stereocenters. The molecule has 160 valence electrons. The first-order chi connectivity index (χ1) is 15.4. The van der Waals surface area contributed by atoms with E-state index >= 15 is 0 Å². The van der Waals surface area contributed by atoms with Crippen LogP contribution in [0.3, 0.4) is 0 Å². The van der Waals surface area contributed by atoms with E-state index in [9.17, 15) is 0 Å². The van der Waals surface area contributed by atoms with Crippen molar-refractivity contribution in [2.75, 3.05) is 0 Å². The van der Waals surface area contributed by atoms with Crippen molar-refractivity contribution in [3.05, 3.63) is 113 Å². The van der Waals surface area contributed by atoms with Gasteiger partial charge in [-0.3, -0.25) is 0 Å². The van der Waals surface area contributed by atoms with Crippen LogP contribution in [0.4, 0.5) is 0 Å². The van der Waals surface area contributed by atoms with Gasteiger partial charge >= 0.3 is 0 Å². The number of hydrogen-bond acceptors (Lipinski definition) is 0. The van der Waals surface area contributed by atoms with Gasteiger partial charge in [0.1, 0.15) is 0 Å². The van der Waals surface area contributed by atoms with Crippen molar-refractivity contribution >= 4 is 0 Å². The molecule has 1 heterocycles. The van der Waals surface area contributed by atoms with Crippen molar-refractivity contribution < 1.29 is 4.57 Å². The average Bonchev–Trinajstić information content (AvgIpc) is 2.80. The van der Waals surface area contributed by atoms with E-state index in [-0.39, 0.29) is 5.41 Å². The number of nitrogens with zero attached hydrogens (tertiary/aromatic N) is 1. The minimum atomic E-state index is 0.0235. The molecular weight excluding hydrogens is 386 g/mol. The van der Waals surface area contributed by atoms with Gasteiger partial charge in [0.25, 0.3) is 0 Å². The quantitative estimate of drug-likeness (QED) is 0.314. The van der Waals surface area contributed by atoms with Crippen molar-refractivity contribution in [1.29, 1.82) is 0 Å².